The molecule has 0 spiro atoms. The van der Waals surface area contributed by atoms with Crippen molar-refractivity contribution in [3.05, 3.63) is 59.8 Å². The summed E-state index contributed by atoms with van der Waals surface area (Å²) in [6.45, 7) is 4.09. The predicted molar refractivity (Wildman–Crippen MR) is 107 cm³/mol. The maximum Gasteiger partial charge on any atom is 0.242 e. The van der Waals surface area contributed by atoms with Crippen LogP contribution in [0.1, 0.15) is 11.3 Å². The number of ether oxygens (including phenoxy) is 3. The summed E-state index contributed by atoms with van der Waals surface area (Å²) in [5, 5.41) is 1.15. The van der Waals surface area contributed by atoms with Crippen LogP contribution in [0.5, 0.6) is 11.5 Å². The second-order valence-electron chi connectivity index (χ2n) is 6.93. The van der Waals surface area contributed by atoms with Crippen molar-refractivity contribution in [3.63, 3.8) is 0 Å². The molecule has 0 atom stereocenters. The summed E-state index contributed by atoms with van der Waals surface area (Å²) in [5.74, 6) is 1.52. The molecule has 0 radical (unpaired) electrons. The van der Waals surface area contributed by atoms with E-state index in [4.69, 9.17) is 14.2 Å². The lowest BCUT2D eigenvalue weighted by atomic mass is 10.2. The minimum Gasteiger partial charge on any atom is -0.454 e. The molecule has 1 amide bonds. The van der Waals surface area contributed by atoms with Crippen LogP contribution in [0.15, 0.2) is 48.5 Å². The number of rotatable bonds is 7. The Labute approximate surface area is 164 Å². The third kappa shape index (κ3) is 3.68. The van der Waals surface area contributed by atoms with Gasteiger partial charge in [-0.15, -0.1) is 0 Å². The van der Waals surface area contributed by atoms with Crippen molar-refractivity contribution < 1.29 is 19.0 Å². The fraction of sp³-hybridized carbons (Fsp3) is 0.318. The lowest BCUT2D eigenvalue weighted by Crippen LogP contribution is -2.36. The van der Waals surface area contributed by atoms with Crippen LogP contribution in [0.3, 0.4) is 0 Å². The first kappa shape index (κ1) is 18.4. The Kier molecular flexibility index (Phi) is 5.21. The Balaban J connectivity index is 1.54. The Bertz CT molecular complexity index is 995. The molecule has 0 saturated carbocycles. The smallest absolute Gasteiger partial charge is 0.242 e. The molecule has 0 aliphatic carbocycles. The van der Waals surface area contributed by atoms with Crippen LogP contribution in [0.2, 0.25) is 0 Å². The van der Waals surface area contributed by atoms with Gasteiger partial charge in [0.2, 0.25) is 12.7 Å². The number of hydrogen-bond acceptors (Lipinski definition) is 4. The summed E-state index contributed by atoms with van der Waals surface area (Å²) in [7, 11) is 1.65. The number of para-hydroxylation sites is 1. The van der Waals surface area contributed by atoms with Crippen LogP contribution in [-0.2, 0) is 22.6 Å². The molecule has 1 aromatic heterocycles. The zero-order valence-electron chi connectivity index (χ0n) is 16.2. The molecule has 6 heteroatoms. The summed E-state index contributed by atoms with van der Waals surface area (Å²) >= 11 is 0. The molecule has 3 aromatic rings. The first-order chi connectivity index (χ1) is 13.7. The van der Waals surface area contributed by atoms with E-state index in [0.717, 1.165) is 33.7 Å². The van der Waals surface area contributed by atoms with Crippen LogP contribution >= 0.6 is 0 Å². The Morgan fingerprint density at radius 2 is 1.96 bits per heavy atom. The van der Waals surface area contributed by atoms with Gasteiger partial charge in [0.15, 0.2) is 11.5 Å². The van der Waals surface area contributed by atoms with E-state index in [0.29, 0.717) is 26.2 Å². The zero-order chi connectivity index (χ0) is 19.5. The van der Waals surface area contributed by atoms with E-state index in [1.165, 1.54) is 0 Å². The van der Waals surface area contributed by atoms with Crippen molar-refractivity contribution in [1.29, 1.82) is 0 Å². The maximum absolute atomic E-state index is 13.1. The first-order valence-electron chi connectivity index (χ1n) is 9.36. The third-order valence-electron chi connectivity index (χ3n) is 5.04. The van der Waals surface area contributed by atoms with Gasteiger partial charge in [-0.05, 0) is 42.1 Å². The molecule has 0 saturated heterocycles. The van der Waals surface area contributed by atoms with Gasteiger partial charge in [0.25, 0.3) is 0 Å². The first-order valence-corrected chi connectivity index (χ1v) is 9.36. The topological polar surface area (TPSA) is 52.9 Å². The number of carbonyl (C=O) groups excluding carboxylic acids is 1. The van der Waals surface area contributed by atoms with Crippen molar-refractivity contribution in [3.8, 4) is 11.5 Å². The Hall–Kier alpha value is -2.99. The number of nitrogens with zero attached hydrogens (tertiary/aromatic N) is 2. The molecular weight excluding hydrogens is 356 g/mol. The number of amides is 1. The molecule has 0 N–H and O–H groups in total. The second kappa shape index (κ2) is 7.94. The van der Waals surface area contributed by atoms with E-state index in [9.17, 15) is 4.79 Å². The minimum atomic E-state index is 0.0548. The third-order valence-corrected chi connectivity index (χ3v) is 5.04. The molecule has 0 bridgehead atoms. The molecule has 6 nitrogen and oxygen atoms in total. The fourth-order valence-electron chi connectivity index (χ4n) is 3.55. The van der Waals surface area contributed by atoms with E-state index in [2.05, 4.69) is 16.7 Å². The standard InChI is InChI=1S/C22H24N2O4/c1-16-11-18-5-3-4-6-19(18)24(16)14-22(25)23(9-10-26-2)13-17-7-8-20-21(12-17)28-15-27-20/h3-8,11-12H,9-10,13-15H2,1-2H3. The van der Waals surface area contributed by atoms with Gasteiger partial charge in [-0.3, -0.25) is 4.79 Å². The normalized spacial score (nSPS) is 12.5. The van der Waals surface area contributed by atoms with E-state index in [1.54, 1.807) is 7.11 Å². The largest absolute Gasteiger partial charge is 0.454 e. The van der Waals surface area contributed by atoms with Gasteiger partial charge in [-0.1, -0.05) is 24.3 Å². The number of benzene rings is 2. The van der Waals surface area contributed by atoms with Crippen molar-refractivity contribution in [2.75, 3.05) is 27.1 Å². The van der Waals surface area contributed by atoms with E-state index in [-0.39, 0.29) is 12.7 Å². The molecule has 28 heavy (non-hydrogen) atoms. The van der Waals surface area contributed by atoms with Gasteiger partial charge in [0.1, 0.15) is 6.54 Å². The number of carbonyl (C=O) groups is 1. The Morgan fingerprint density at radius 3 is 2.82 bits per heavy atom. The number of aryl methyl sites for hydroxylation is 1. The molecule has 1 aliphatic rings. The molecule has 2 aromatic carbocycles. The number of fused-ring (bicyclic) bond motifs is 2. The molecule has 1 aliphatic heterocycles. The molecule has 2 heterocycles. The van der Waals surface area contributed by atoms with Crippen molar-refractivity contribution >= 4 is 16.8 Å². The fourth-order valence-corrected chi connectivity index (χ4v) is 3.55. The van der Waals surface area contributed by atoms with Crippen molar-refractivity contribution in [1.82, 2.24) is 9.47 Å². The lowest BCUT2D eigenvalue weighted by molar-refractivity contribution is -0.133. The monoisotopic (exact) mass is 380 g/mol. The SMILES string of the molecule is COCCN(Cc1ccc2c(c1)OCO2)C(=O)Cn1c(C)cc2ccccc21. The lowest BCUT2D eigenvalue weighted by Gasteiger charge is -2.23. The quantitative estimate of drug-likeness (QED) is 0.631. The highest BCUT2D eigenvalue weighted by Gasteiger charge is 2.19. The second-order valence-corrected chi connectivity index (χ2v) is 6.93. The Morgan fingerprint density at radius 1 is 1.14 bits per heavy atom. The highest BCUT2D eigenvalue weighted by molar-refractivity contribution is 5.84. The van der Waals surface area contributed by atoms with E-state index >= 15 is 0 Å². The van der Waals surface area contributed by atoms with Gasteiger partial charge in [0, 0.05) is 31.4 Å². The molecular formula is C22H24N2O4. The molecule has 4 rings (SSSR count). The number of hydrogen-bond donors (Lipinski definition) is 0. The van der Waals surface area contributed by atoms with Gasteiger partial charge in [-0.2, -0.15) is 0 Å². The number of aromatic nitrogens is 1. The molecule has 0 fully saturated rings. The molecule has 0 unspecified atom stereocenters. The maximum atomic E-state index is 13.1. The van der Waals surface area contributed by atoms with Gasteiger partial charge in [0.05, 0.1) is 6.61 Å². The summed E-state index contributed by atoms with van der Waals surface area (Å²) in [6.07, 6.45) is 0. The van der Waals surface area contributed by atoms with Gasteiger partial charge < -0.3 is 23.7 Å². The predicted octanol–water partition coefficient (Wildman–Crippen LogP) is 3.35. The van der Waals surface area contributed by atoms with Crippen LogP contribution in [0, 0.1) is 6.92 Å². The highest BCUT2D eigenvalue weighted by Crippen LogP contribution is 2.32. The highest BCUT2D eigenvalue weighted by atomic mass is 16.7. The zero-order valence-corrected chi connectivity index (χ0v) is 16.2. The average Bonchev–Trinajstić information content (AvgIpc) is 3.29. The number of methoxy groups -OCH3 is 1. The van der Waals surface area contributed by atoms with Crippen molar-refractivity contribution in [2.24, 2.45) is 0 Å². The van der Waals surface area contributed by atoms with Gasteiger partial charge in [-0.25, -0.2) is 0 Å². The van der Waals surface area contributed by atoms with Crippen LogP contribution in [0.4, 0.5) is 0 Å². The summed E-state index contributed by atoms with van der Waals surface area (Å²) in [5.41, 5.74) is 3.15. The summed E-state index contributed by atoms with van der Waals surface area (Å²) in [4.78, 5) is 15.0. The van der Waals surface area contributed by atoms with Crippen LogP contribution < -0.4 is 9.47 Å². The average molecular weight is 380 g/mol. The molecule has 146 valence electrons. The summed E-state index contributed by atoms with van der Waals surface area (Å²) < 4.78 is 18.1. The van der Waals surface area contributed by atoms with Crippen LogP contribution in [-0.4, -0.2) is 42.4 Å². The van der Waals surface area contributed by atoms with Crippen LogP contribution in [0.25, 0.3) is 10.9 Å². The van der Waals surface area contributed by atoms with E-state index in [1.807, 2.05) is 48.2 Å². The van der Waals surface area contributed by atoms with E-state index < -0.39 is 0 Å². The summed E-state index contributed by atoms with van der Waals surface area (Å²) in [6, 6.07) is 16.0. The van der Waals surface area contributed by atoms with Gasteiger partial charge >= 0.3 is 0 Å². The van der Waals surface area contributed by atoms with Crippen molar-refractivity contribution in [2.45, 2.75) is 20.0 Å². The minimum absolute atomic E-state index is 0.0548.